The zero-order chi connectivity index (χ0) is 14.7. The Labute approximate surface area is 122 Å². The van der Waals surface area contributed by atoms with Gasteiger partial charge in [-0.1, -0.05) is 11.6 Å². The van der Waals surface area contributed by atoms with Crippen LogP contribution >= 0.6 is 11.6 Å². The summed E-state index contributed by atoms with van der Waals surface area (Å²) < 4.78 is 5.82. The summed E-state index contributed by atoms with van der Waals surface area (Å²) in [4.78, 5) is 11.0. The van der Waals surface area contributed by atoms with E-state index in [-0.39, 0.29) is 0 Å². The number of carbonyl (C=O) groups is 1. The van der Waals surface area contributed by atoms with E-state index in [1.807, 2.05) is 13.8 Å². The first-order valence-electron chi connectivity index (χ1n) is 5.99. The van der Waals surface area contributed by atoms with Gasteiger partial charge in [-0.25, -0.2) is 0 Å². The van der Waals surface area contributed by atoms with Crippen LogP contribution in [-0.2, 0) is 0 Å². The summed E-state index contributed by atoms with van der Waals surface area (Å²) in [7, 11) is 0. The van der Waals surface area contributed by atoms with Crippen molar-refractivity contribution >= 4 is 17.9 Å². The van der Waals surface area contributed by atoms with Crippen LogP contribution in [0, 0.1) is 25.2 Å². The molecule has 0 N–H and O–H groups in total. The summed E-state index contributed by atoms with van der Waals surface area (Å²) in [5.41, 5.74) is 2.67. The molecule has 0 bridgehead atoms. The minimum Gasteiger partial charge on any atom is -0.456 e. The van der Waals surface area contributed by atoms with Crippen LogP contribution < -0.4 is 4.74 Å². The number of carbonyl (C=O) groups excluding carboxylic acids is 1. The van der Waals surface area contributed by atoms with E-state index in [0.29, 0.717) is 27.6 Å². The van der Waals surface area contributed by atoms with E-state index in [9.17, 15) is 4.79 Å². The number of hydrogen-bond acceptors (Lipinski definition) is 3. The average Bonchev–Trinajstić information content (AvgIpc) is 2.42. The van der Waals surface area contributed by atoms with Crippen molar-refractivity contribution in [3.8, 4) is 17.6 Å². The van der Waals surface area contributed by atoms with E-state index in [4.69, 9.17) is 21.6 Å². The maximum absolute atomic E-state index is 11.0. The maximum Gasteiger partial charge on any atom is 0.153 e. The Hall–Kier alpha value is -2.31. The van der Waals surface area contributed by atoms with Gasteiger partial charge >= 0.3 is 0 Å². The molecular formula is C16H12ClNO2. The highest BCUT2D eigenvalue weighted by Gasteiger charge is 2.11. The number of aryl methyl sites for hydroxylation is 2. The third-order valence-corrected chi connectivity index (χ3v) is 3.14. The Morgan fingerprint density at radius 2 is 1.85 bits per heavy atom. The second-order valence-electron chi connectivity index (χ2n) is 4.45. The maximum atomic E-state index is 11.0. The fourth-order valence-electron chi connectivity index (χ4n) is 1.98. The van der Waals surface area contributed by atoms with Gasteiger partial charge in [0.25, 0.3) is 0 Å². The Morgan fingerprint density at radius 3 is 2.40 bits per heavy atom. The van der Waals surface area contributed by atoms with Crippen LogP contribution in [0.5, 0.6) is 11.5 Å². The van der Waals surface area contributed by atoms with Crippen molar-refractivity contribution in [1.29, 1.82) is 5.26 Å². The van der Waals surface area contributed by atoms with Crippen LogP contribution in [-0.4, -0.2) is 6.29 Å². The number of aldehydes is 1. The second-order valence-corrected chi connectivity index (χ2v) is 4.89. The first-order valence-corrected chi connectivity index (χ1v) is 6.37. The zero-order valence-electron chi connectivity index (χ0n) is 11.1. The largest absolute Gasteiger partial charge is 0.456 e. The Balaban J connectivity index is 2.48. The predicted octanol–water partition coefficient (Wildman–Crippen LogP) is 4.43. The molecule has 0 aliphatic rings. The summed E-state index contributed by atoms with van der Waals surface area (Å²) in [5.74, 6) is 1.04. The van der Waals surface area contributed by atoms with Crippen LogP contribution in [0.25, 0.3) is 0 Å². The first-order chi connectivity index (χ1) is 9.55. The van der Waals surface area contributed by atoms with Gasteiger partial charge in [0.1, 0.15) is 11.5 Å². The molecule has 2 rings (SSSR count). The van der Waals surface area contributed by atoms with Gasteiger partial charge in [0.05, 0.1) is 17.2 Å². The Kier molecular flexibility index (Phi) is 4.07. The summed E-state index contributed by atoms with van der Waals surface area (Å²) in [6.45, 7) is 3.71. The molecule has 0 aromatic heterocycles. The molecule has 0 heterocycles. The van der Waals surface area contributed by atoms with Crippen LogP contribution in [0.3, 0.4) is 0 Å². The predicted molar refractivity (Wildman–Crippen MR) is 77.5 cm³/mol. The topological polar surface area (TPSA) is 50.1 Å². The number of hydrogen-bond donors (Lipinski definition) is 0. The van der Waals surface area contributed by atoms with Gasteiger partial charge in [-0.2, -0.15) is 5.26 Å². The van der Waals surface area contributed by atoms with Gasteiger partial charge in [-0.3, -0.25) is 4.79 Å². The molecule has 0 aliphatic heterocycles. The summed E-state index contributed by atoms with van der Waals surface area (Å²) in [6.07, 6.45) is 0.722. The quantitative estimate of drug-likeness (QED) is 0.784. The van der Waals surface area contributed by atoms with Crippen molar-refractivity contribution < 1.29 is 9.53 Å². The van der Waals surface area contributed by atoms with Crippen molar-refractivity contribution in [3.63, 3.8) is 0 Å². The lowest BCUT2D eigenvalue weighted by Crippen LogP contribution is -1.95. The molecule has 2 aromatic carbocycles. The van der Waals surface area contributed by atoms with Crippen molar-refractivity contribution in [2.45, 2.75) is 13.8 Å². The Bertz CT molecular complexity index is 694. The molecule has 20 heavy (non-hydrogen) atoms. The van der Waals surface area contributed by atoms with Crippen molar-refractivity contribution in [2.24, 2.45) is 0 Å². The SMILES string of the molecule is Cc1cc(C#N)cc(C)c1Oc1cc(Cl)ccc1C=O. The zero-order valence-corrected chi connectivity index (χ0v) is 11.9. The Morgan fingerprint density at radius 1 is 1.20 bits per heavy atom. The fourth-order valence-corrected chi connectivity index (χ4v) is 2.14. The van der Waals surface area contributed by atoms with Gasteiger partial charge in [0.15, 0.2) is 6.29 Å². The van der Waals surface area contributed by atoms with Crippen LogP contribution in [0.15, 0.2) is 30.3 Å². The molecular weight excluding hydrogens is 274 g/mol. The van der Waals surface area contributed by atoms with Crippen LogP contribution in [0.1, 0.15) is 27.0 Å². The standard InChI is InChI=1S/C16H12ClNO2/c1-10-5-12(8-18)6-11(2)16(10)20-15-7-14(17)4-3-13(15)9-19/h3-7,9H,1-2H3. The first kappa shape index (κ1) is 14.1. The van der Waals surface area contributed by atoms with E-state index in [1.54, 1.807) is 30.3 Å². The summed E-state index contributed by atoms with van der Waals surface area (Å²) >= 11 is 5.93. The number of rotatable bonds is 3. The molecule has 2 aromatic rings. The fraction of sp³-hybridized carbons (Fsp3) is 0.125. The number of nitriles is 1. The molecule has 3 nitrogen and oxygen atoms in total. The highest BCUT2D eigenvalue weighted by molar-refractivity contribution is 6.30. The third kappa shape index (κ3) is 2.81. The minimum atomic E-state index is 0.406. The van der Waals surface area contributed by atoms with E-state index in [2.05, 4.69) is 6.07 Å². The van der Waals surface area contributed by atoms with E-state index in [0.717, 1.165) is 17.4 Å². The molecule has 0 saturated heterocycles. The molecule has 0 amide bonds. The number of nitrogens with zero attached hydrogens (tertiary/aromatic N) is 1. The minimum absolute atomic E-state index is 0.406. The lowest BCUT2D eigenvalue weighted by Gasteiger charge is -2.13. The van der Waals surface area contributed by atoms with Crippen molar-refractivity contribution in [2.75, 3.05) is 0 Å². The van der Waals surface area contributed by atoms with Crippen LogP contribution in [0.2, 0.25) is 5.02 Å². The molecule has 100 valence electrons. The normalized spacial score (nSPS) is 9.90. The highest BCUT2D eigenvalue weighted by Crippen LogP contribution is 2.32. The monoisotopic (exact) mass is 285 g/mol. The lowest BCUT2D eigenvalue weighted by molar-refractivity contribution is 0.112. The molecule has 0 radical (unpaired) electrons. The molecule has 0 atom stereocenters. The smallest absolute Gasteiger partial charge is 0.153 e. The number of halogens is 1. The highest BCUT2D eigenvalue weighted by atomic mass is 35.5. The van der Waals surface area contributed by atoms with Crippen molar-refractivity contribution in [3.05, 3.63) is 57.6 Å². The average molecular weight is 286 g/mol. The third-order valence-electron chi connectivity index (χ3n) is 2.90. The summed E-state index contributed by atoms with van der Waals surface area (Å²) in [5, 5.41) is 9.43. The molecule has 0 aliphatic carbocycles. The van der Waals surface area contributed by atoms with Crippen LogP contribution in [0.4, 0.5) is 0 Å². The lowest BCUT2D eigenvalue weighted by atomic mass is 10.1. The van der Waals surface area contributed by atoms with Gasteiger partial charge in [0, 0.05) is 11.1 Å². The van der Waals surface area contributed by atoms with E-state index >= 15 is 0 Å². The molecule has 4 heteroatoms. The molecule has 0 spiro atoms. The van der Waals surface area contributed by atoms with E-state index in [1.165, 1.54) is 0 Å². The summed E-state index contributed by atoms with van der Waals surface area (Å²) in [6, 6.07) is 10.4. The van der Waals surface area contributed by atoms with Gasteiger partial charge in [-0.15, -0.1) is 0 Å². The van der Waals surface area contributed by atoms with Gasteiger partial charge in [-0.05, 0) is 49.2 Å². The van der Waals surface area contributed by atoms with Gasteiger partial charge in [0.2, 0.25) is 0 Å². The molecule has 0 saturated carbocycles. The molecule has 0 unspecified atom stereocenters. The second kappa shape index (κ2) is 5.77. The number of ether oxygens (including phenoxy) is 1. The van der Waals surface area contributed by atoms with E-state index < -0.39 is 0 Å². The molecule has 0 fully saturated rings. The number of benzene rings is 2. The van der Waals surface area contributed by atoms with Gasteiger partial charge < -0.3 is 4.74 Å². The van der Waals surface area contributed by atoms with Crippen molar-refractivity contribution in [1.82, 2.24) is 0 Å².